The first-order valence-electron chi connectivity index (χ1n) is 11.9. The van der Waals surface area contributed by atoms with Gasteiger partial charge in [-0.15, -0.1) is 0 Å². The van der Waals surface area contributed by atoms with Gasteiger partial charge in [-0.25, -0.2) is 4.79 Å². The normalized spacial score (nSPS) is 19.4. The van der Waals surface area contributed by atoms with E-state index in [0.29, 0.717) is 6.61 Å². The number of carbonyl (C=O) groups excluding carboxylic acids is 1. The maximum absolute atomic E-state index is 11.4. The molecule has 3 heteroatoms. The van der Waals surface area contributed by atoms with Crippen LogP contribution >= 0.6 is 0 Å². The molecule has 0 amide bonds. The third-order valence-corrected chi connectivity index (χ3v) is 5.98. The second-order valence-electron chi connectivity index (χ2n) is 8.39. The van der Waals surface area contributed by atoms with E-state index in [9.17, 15) is 4.79 Å². The molecule has 0 aromatic heterocycles. The summed E-state index contributed by atoms with van der Waals surface area (Å²) >= 11 is 0. The fraction of sp³-hybridized carbons (Fsp3) is 0.593. The molecular weight excluding hydrogens is 372 g/mol. The van der Waals surface area contributed by atoms with Gasteiger partial charge in [-0.05, 0) is 87.8 Å². The van der Waals surface area contributed by atoms with Crippen LogP contribution in [0.5, 0.6) is 5.75 Å². The first-order valence-corrected chi connectivity index (χ1v) is 11.9. The molecule has 166 valence electrons. The van der Waals surface area contributed by atoms with Gasteiger partial charge in [0, 0.05) is 6.08 Å². The lowest BCUT2D eigenvalue weighted by atomic mass is 9.77. The molecule has 0 N–H and O–H groups in total. The molecule has 0 radical (unpaired) electrons. The Bertz CT molecular complexity index is 637. The molecule has 0 saturated heterocycles. The SMILES string of the molecule is C/C=C/C=C/C(=O)OCCCCCCOc1ccc(C2CCC(CCC)CC2)cc1. The summed E-state index contributed by atoms with van der Waals surface area (Å²) in [7, 11) is 0. The average Bonchev–Trinajstić information content (AvgIpc) is 2.77. The monoisotopic (exact) mass is 412 g/mol. The van der Waals surface area contributed by atoms with Gasteiger partial charge < -0.3 is 9.47 Å². The minimum absolute atomic E-state index is 0.270. The molecule has 1 aliphatic carbocycles. The van der Waals surface area contributed by atoms with Crippen LogP contribution in [0, 0.1) is 5.92 Å². The highest BCUT2D eigenvalue weighted by molar-refractivity contribution is 5.82. The van der Waals surface area contributed by atoms with Crippen molar-refractivity contribution in [3.8, 4) is 5.75 Å². The molecule has 1 aliphatic rings. The predicted octanol–water partition coefficient (Wildman–Crippen LogP) is 7.38. The maximum atomic E-state index is 11.4. The van der Waals surface area contributed by atoms with Crippen LogP contribution in [0.25, 0.3) is 0 Å². The first-order chi connectivity index (χ1) is 14.7. The minimum atomic E-state index is -0.270. The molecule has 0 spiro atoms. The molecule has 1 fully saturated rings. The van der Waals surface area contributed by atoms with E-state index in [2.05, 4.69) is 31.2 Å². The number of ether oxygens (including phenoxy) is 2. The Balaban J connectivity index is 1.52. The standard InChI is InChI=1S/C27H40O3/c1-3-5-8-12-27(28)30-22-10-7-6-9-21-29-26-19-17-25(18-20-26)24-15-13-23(11-4-2)14-16-24/h3,5,8,12,17-20,23-24H,4,6-7,9-11,13-16,21-22H2,1-2H3/b5-3+,12-8+. The van der Waals surface area contributed by atoms with Gasteiger partial charge in [-0.2, -0.15) is 0 Å². The summed E-state index contributed by atoms with van der Waals surface area (Å²) in [5.74, 6) is 2.40. The Labute approximate surface area is 183 Å². The lowest BCUT2D eigenvalue weighted by Gasteiger charge is -2.28. The van der Waals surface area contributed by atoms with Crippen molar-refractivity contribution < 1.29 is 14.3 Å². The van der Waals surface area contributed by atoms with Crippen molar-refractivity contribution in [3.05, 3.63) is 54.1 Å². The number of hydrogen-bond donors (Lipinski definition) is 0. The summed E-state index contributed by atoms with van der Waals surface area (Å²) in [5.41, 5.74) is 1.48. The molecule has 30 heavy (non-hydrogen) atoms. The van der Waals surface area contributed by atoms with E-state index in [4.69, 9.17) is 9.47 Å². The van der Waals surface area contributed by atoms with E-state index < -0.39 is 0 Å². The van der Waals surface area contributed by atoms with Gasteiger partial charge in [0.15, 0.2) is 0 Å². The third-order valence-electron chi connectivity index (χ3n) is 5.98. The van der Waals surface area contributed by atoms with Gasteiger partial charge in [0.1, 0.15) is 5.75 Å². The Kier molecular flexibility index (Phi) is 12.0. The van der Waals surface area contributed by atoms with E-state index in [1.54, 1.807) is 6.08 Å². The Morgan fingerprint density at radius 1 is 0.967 bits per heavy atom. The zero-order valence-electron chi connectivity index (χ0n) is 19.0. The fourth-order valence-electron chi connectivity index (χ4n) is 4.24. The van der Waals surface area contributed by atoms with Gasteiger partial charge in [-0.3, -0.25) is 0 Å². The molecule has 1 aromatic rings. The van der Waals surface area contributed by atoms with Crippen molar-refractivity contribution >= 4 is 5.97 Å². The van der Waals surface area contributed by atoms with Crippen molar-refractivity contribution in [3.63, 3.8) is 0 Å². The van der Waals surface area contributed by atoms with Crippen molar-refractivity contribution in [1.82, 2.24) is 0 Å². The van der Waals surface area contributed by atoms with Gasteiger partial charge in [0.2, 0.25) is 0 Å². The molecule has 2 rings (SSSR count). The molecule has 0 heterocycles. The van der Waals surface area contributed by atoms with Crippen molar-refractivity contribution in [1.29, 1.82) is 0 Å². The molecule has 0 unspecified atom stereocenters. The van der Waals surface area contributed by atoms with Crippen LogP contribution in [0.2, 0.25) is 0 Å². The van der Waals surface area contributed by atoms with Crippen LogP contribution < -0.4 is 4.74 Å². The quantitative estimate of drug-likeness (QED) is 0.147. The van der Waals surface area contributed by atoms with Gasteiger partial charge >= 0.3 is 5.97 Å². The molecule has 1 aromatic carbocycles. The number of rotatable bonds is 13. The van der Waals surface area contributed by atoms with E-state index in [0.717, 1.165) is 49.9 Å². The zero-order valence-corrected chi connectivity index (χ0v) is 19.0. The first kappa shape index (κ1) is 24.2. The van der Waals surface area contributed by atoms with Crippen LogP contribution in [0.4, 0.5) is 0 Å². The smallest absolute Gasteiger partial charge is 0.330 e. The van der Waals surface area contributed by atoms with E-state index in [1.165, 1.54) is 50.2 Å². The Hall–Kier alpha value is -2.03. The topological polar surface area (TPSA) is 35.5 Å². The number of unbranched alkanes of at least 4 members (excludes halogenated alkanes) is 3. The lowest BCUT2D eigenvalue weighted by Crippen LogP contribution is -2.13. The van der Waals surface area contributed by atoms with Crippen LogP contribution in [0.15, 0.2) is 48.6 Å². The summed E-state index contributed by atoms with van der Waals surface area (Å²) in [5, 5.41) is 0. The largest absolute Gasteiger partial charge is 0.494 e. The number of benzene rings is 1. The highest BCUT2D eigenvalue weighted by atomic mass is 16.5. The maximum Gasteiger partial charge on any atom is 0.330 e. The minimum Gasteiger partial charge on any atom is -0.494 e. The summed E-state index contributed by atoms with van der Waals surface area (Å²) in [6.07, 6.45) is 19.1. The van der Waals surface area contributed by atoms with E-state index in [1.807, 2.05) is 19.1 Å². The van der Waals surface area contributed by atoms with E-state index in [-0.39, 0.29) is 5.97 Å². The van der Waals surface area contributed by atoms with Gasteiger partial charge in [-0.1, -0.05) is 50.1 Å². The highest BCUT2D eigenvalue weighted by Crippen LogP contribution is 2.37. The average molecular weight is 413 g/mol. The summed E-state index contributed by atoms with van der Waals surface area (Å²) in [4.78, 5) is 11.4. The predicted molar refractivity (Wildman–Crippen MR) is 125 cm³/mol. The Morgan fingerprint density at radius 2 is 1.67 bits per heavy atom. The molecule has 0 bridgehead atoms. The van der Waals surface area contributed by atoms with Crippen LogP contribution in [-0.2, 0) is 9.53 Å². The van der Waals surface area contributed by atoms with Crippen molar-refractivity contribution in [2.24, 2.45) is 5.92 Å². The van der Waals surface area contributed by atoms with Crippen molar-refractivity contribution in [2.75, 3.05) is 13.2 Å². The molecule has 3 nitrogen and oxygen atoms in total. The molecule has 0 atom stereocenters. The number of hydrogen-bond acceptors (Lipinski definition) is 3. The fourth-order valence-corrected chi connectivity index (χ4v) is 4.24. The lowest BCUT2D eigenvalue weighted by molar-refractivity contribution is -0.137. The van der Waals surface area contributed by atoms with Crippen LogP contribution in [-0.4, -0.2) is 19.2 Å². The molecule has 0 aliphatic heterocycles. The molecular formula is C27H40O3. The van der Waals surface area contributed by atoms with Gasteiger partial charge in [0.05, 0.1) is 13.2 Å². The van der Waals surface area contributed by atoms with Crippen LogP contribution in [0.1, 0.15) is 89.5 Å². The zero-order chi connectivity index (χ0) is 21.4. The Morgan fingerprint density at radius 3 is 2.33 bits per heavy atom. The highest BCUT2D eigenvalue weighted by Gasteiger charge is 2.21. The number of allylic oxidation sites excluding steroid dienone is 3. The van der Waals surface area contributed by atoms with Crippen LogP contribution in [0.3, 0.4) is 0 Å². The number of esters is 1. The summed E-state index contributed by atoms with van der Waals surface area (Å²) < 4.78 is 11.0. The second kappa shape index (κ2) is 14.9. The summed E-state index contributed by atoms with van der Waals surface area (Å²) in [6, 6.07) is 8.79. The van der Waals surface area contributed by atoms with Gasteiger partial charge in [0.25, 0.3) is 0 Å². The van der Waals surface area contributed by atoms with Crippen molar-refractivity contribution in [2.45, 2.75) is 84.0 Å². The molecule has 1 saturated carbocycles. The second-order valence-corrected chi connectivity index (χ2v) is 8.39. The van der Waals surface area contributed by atoms with E-state index >= 15 is 0 Å². The number of carbonyl (C=O) groups is 1. The summed E-state index contributed by atoms with van der Waals surface area (Å²) in [6.45, 7) is 5.44. The third kappa shape index (κ3) is 9.65.